The normalized spacial score (nSPS) is 12.9. The highest BCUT2D eigenvalue weighted by Gasteiger charge is 2.16. The summed E-state index contributed by atoms with van der Waals surface area (Å²) in [4.78, 5) is 13.6. The van der Waals surface area contributed by atoms with E-state index in [2.05, 4.69) is 18.7 Å². The molecule has 0 saturated carbocycles. The Kier molecular flexibility index (Phi) is 7.48. The minimum atomic E-state index is -0.0814. The minimum Gasteiger partial charge on any atom is -0.466 e. The third-order valence-corrected chi connectivity index (χ3v) is 2.21. The summed E-state index contributed by atoms with van der Waals surface area (Å²) in [5.41, 5.74) is 0. The number of hydrogen-bond donors (Lipinski definition) is 0. The van der Waals surface area contributed by atoms with Crippen molar-refractivity contribution in [3.63, 3.8) is 0 Å². The monoisotopic (exact) mass is 201 g/mol. The van der Waals surface area contributed by atoms with Gasteiger partial charge in [0.05, 0.1) is 12.5 Å². The first-order valence-electron chi connectivity index (χ1n) is 5.54. The van der Waals surface area contributed by atoms with Crippen LogP contribution in [0.15, 0.2) is 0 Å². The Bertz CT molecular complexity index is 159. The van der Waals surface area contributed by atoms with Gasteiger partial charge in [0.1, 0.15) is 0 Å². The molecule has 0 radical (unpaired) electrons. The van der Waals surface area contributed by atoms with Crippen molar-refractivity contribution >= 4 is 5.97 Å². The van der Waals surface area contributed by atoms with E-state index in [1.165, 1.54) is 0 Å². The van der Waals surface area contributed by atoms with Gasteiger partial charge in [-0.05, 0) is 26.4 Å². The molecule has 0 aromatic rings. The smallest absolute Gasteiger partial charge is 0.309 e. The van der Waals surface area contributed by atoms with Crippen LogP contribution in [0.3, 0.4) is 0 Å². The molecule has 1 atom stereocenters. The van der Waals surface area contributed by atoms with Crippen LogP contribution < -0.4 is 0 Å². The number of esters is 1. The molecule has 84 valence electrons. The van der Waals surface area contributed by atoms with Gasteiger partial charge in [0.15, 0.2) is 0 Å². The van der Waals surface area contributed by atoms with Gasteiger partial charge in [-0.15, -0.1) is 0 Å². The maximum Gasteiger partial charge on any atom is 0.309 e. The van der Waals surface area contributed by atoms with Crippen LogP contribution in [0, 0.1) is 5.92 Å². The Hall–Kier alpha value is -0.570. The lowest BCUT2D eigenvalue weighted by Crippen LogP contribution is -2.33. The molecule has 0 aliphatic carbocycles. The van der Waals surface area contributed by atoms with Gasteiger partial charge in [-0.1, -0.05) is 20.8 Å². The van der Waals surface area contributed by atoms with E-state index < -0.39 is 0 Å². The molecule has 0 spiro atoms. The number of rotatable bonds is 7. The molecule has 0 amide bonds. The second kappa shape index (κ2) is 7.80. The molecule has 3 nitrogen and oxygen atoms in total. The van der Waals surface area contributed by atoms with Crippen LogP contribution in [0.2, 0.25) is 0 Å². The fraction of sp³-hybridized carbons (Fsp3) is 0.909. The van der Waals surface area contributed by atoms with E-state index in [1.54, 1.807) is 0 Å². The minimum absolute atomic E-state index is 0.0125. The zero-order valence-corrected chi connectivity index (χ0v) is 9.88. The maximum absolute atomic E-state index is 11.3. The van der Waals surface area contributed by atoms with Crippen LogP contribution in [-0.4, -0.2) is 37.1 Å². The molecule has 0 bridgehead atoms. The Morgan fingerprint density at radius 2 is 2.00 bits per heavy atom. The summed E-state index contributed by atoms with van der Waals surface area (Å²) in [6.45, 7) is 11.4. The van der Waals surface area contributed by atoms with Crippen molar-refractivity contribution in [2.75, 3.05) is 26.2 Å². The summed E-state index contributed by atoms with van der Waals surface area (Å²) in [7, 11) is 0. The molecule has 0 aliphatic rings. The first-order chi connectivity index (χ1) is 6.65. The van der Waals surface area contributed by atoms with Gasteiger partial charge in [-0.25, -0.2) is 0 Å². The van der Waals surface area contributed by atoms with E-state index in [9.17, 15) is 4.79 Å². The van der Waals surface area contributed by atoms with Crippen LogP contribution >= 0.6 is 0 Å². The Morgan fingerprint density at radius 1 is 1.36 bits per heavy atom. The van der Waals surface area contributed by atoms with E-state index in [1.807, 2.05) is 13.8 Å². The molecule has 0 rings (SSSR count). The molecule has 0 aromatic carbocycles. The SMILES string of the molecule is CCCN(CC)CC(C)C(=O)OCC. The lowest BCUT2D eigenvalue weighted by atomic mass is 10.1. The van der Waals surface area contributed by atoms with E-state index in [0.29, 0.717) is 6.61 Å². The molecule has 1 unspecified atom stereocenters. The van der Waals surface area contributed by atoms with Crippen molar-refractivity contribution in [1.29, 1.82) is 0 Å². The number of nitrogens with zero attached hydrogens (tertiary/aromatic N) is 1. The van der Waals surface area contributed by atoms with Crippen molar-refractivity contribution in [2.45, 2.75) is 34.1 Å². The van der Waals surface area contributed by atoms with E-state index in [-0.39, 0.29) is 11.9 Å². The molecule has 0 N–H and O–H groups in total. The zero-order valence-electron chi connectivity index (χ0n) is 9.88. The standard InChI is InChI=1S/C11H23NO2/c1-5-8-12(6-2)9-10(4)11(13)14-7-3/h10H,5-9H2,1-4H3. The lowest BCUT2D eigenvalue weighted by Gasteiger charge is -2.22. The van der Waals surface area contributed by atoms with Crippen molar-refractivity contribution in [3.05, 3.63) is 0 Å². The summed E-state index contributed by atoms with van der Waals surface area (Å²) in [6.07, 6.45) is 1.13. The van der Waals surface area contributed by atoms with Crippen molar-refractivity contribution < 1.29 is 9.53 Å². The fourth-order valence-electron chi connectivity index (χ4n) is 1.44. The zero-order chi connectivity index (χ0) is 11.0. The molecule has 0 fully saturated rings. The van der Waals surface area contributed by atoms with Crippen LogP contribution in [0.5, 0.6) is 0 Å². The molecule has 0 saturated heterocycles. The molecular formula is C11H23NO2. The Morgan fingerprint density at radius 3 is 2.43 bits per heavy atom. The average molecular weight is 201 g/mol. The molecule has 0 aromatic heterocycles. The number of carbonyl (C=O) groups excluding carboxylic acids is 1. The highest BCUT2D eigenvalue weighted by Crippen LogP contribution is 2.03. The van der Waals surface area contributed by atoms with Crippen molar-refractivity contribution in [2.24, 2.45) is 5.92 Å². The first kappa shape index (κ1) is 13.4. The number of carbonyl (C=O) groups is 1. The summed E-state index contributed by atoms with van der Waals surface area (Å²) in [5, 5.41) is 0. The maximum atomic E-state index is 11.3. The summed E-state index contributed by atoms with van der Waals surface area (Å²) < 4.78 is 4.96. The largest absolute Gasteiger partial charge is 0.466 e. The van der Waals surface area contributed by atoms with E-state index in [0.717, 1.165) is 26.1 Å². The third kappa shape index (κ3) is 5.22. The topological polar surface area (TPSA) is 29.5 Å². The van der Waals surface area contributed by atoms with Gasteiger partial charge in [0.2, 0.25) is 0 Å². The first-order valence-corrected chi connectivity index (χ1v) is 5.54. The predicted octanol–water partition coefficient (Wildman–Crippen LogP) is 1.92. The summed E-state index contributed by atoms with van der Waals surface area (Å²) in [6, 6.07) is 0. The third-order valence-electron chi connectivity index (χ3n) is 2.21. The predicted molar refractivity (Wildman–Crippen MR) is 58.2 cm³/mol. The highest BCUT2D eigenvalue weighted by molar-refractivity contribution is 5.72. The summed E-state index contributed by atoms with van der Waals surface area (Å²) in [5.74, 6) is -0.0940. The fourth-order valence-corrected chi connectivity index (χ4v) is 1.44. The molecule has 0 heterocycles. The van der Waals surface area contributed by atoms with Crippen LogP contribution in [0.4, 0.5) is 0 Å². The van der Waals surface area contributed by atoms with Crippen molar-refractivity contribution in [3.8, 4) is 0 Å². The number of hydrogen-bond acceptors (Lipinski definition) is 3. The average Bonchev–Trinajstić information content (AvgIpc) is 2.17. The highest BCUT2D eigenvalue weighted by atomic mass is 16.5. The van der Waals surface area contributed by atoms with Gasteiger partial charge in [-0.3, -0.25) is 4.79 Å². The molecule has 3 heteroatoms. The second-order valence-electron chi connectivity index (χ2n) is 3.55. The van der Waals surface area contributed by atoms with Crippen molar-refractivity contribution in [1.82, 2.24) is 4.90 Å². The van der Waals surface area contributed by atoms with Crippen LogP contribution in [0.25, 0.3) is 0 Å². The molecule has 0 aliphatic heterocycles. The Labute approximate surface area is 87.4 Å². The molecular weight excluding hydrogens is 178 g/mol. The van der Waals surface area contributed by atoms with Crippen LogP contribution in [-0.2, 0) is 9.53 Å². The number of ether oxygens (including phenoxy) is 1. The second-order valence-corrected chi connectivity index (χ2v) is 3.55. The van der Waals surface area contributed by atoms with Gasteiger partial charge >= 0.3 is 5.97 Å². The summed E-state index contributed by atoms with van der Waals surface area (Å²) >= 11 is 0. The Balaban J connectivity index is 3.88. The van der Waals surface area contributed by atoms with Crippen LogP contribution in [0.1, 0.15) is 34.1 Å². The van der Waals surface area contributed by atoms with Gasteiger partial charge < -0.3 is 9.64 Å². The lowest BCUT2D eigenvalue weighted by molar-refractivity contribution is -0.148. The van der Waals surface area contributed by atoms with E-state index >= 15 is 0 Å². The van der Waals surface area contributed by atoms with Gasteiger partial charge in [0.25, 0.3) is 0 Å². The quantitative estimate of drug-likeness (QED) is 0.589. The van der Waals surface area contributed by atoms with Gasteiger partial charge in [-0.2, -0.15) is 0 Å². The van der Waals surface area contributed by atoms with E-state index in [4.69, 9.17) is 4.74 Å². The molecule has 14 heavy (non-hydrogen) atoms. The van der Waals surface area contributed by atoms with Gasteiger partial charge in [0, 0.05) is 6.54 Å².